The van der Waals surface area contributed by atoms with Crippen molar-refractivity contribution >= 4 is 33.3 Å². The van der Waals surface area contributed by atoms with Gasteiger partial charge in [-0.25, -0.2) is 12.8 Å². The Morgan fingerprint density at radius 3 is 2.54 bits per heavy atom. The molecule has 2 aromatic rings. The summed E-state index contributed by atoms with van der Waals surface area (Å²) in [7, 11) is -3.42. The molecule has 2 aliphatic heterocycles. The molecule has 0 bridgehead atoms. The van der Waals surface area contributed by atoms with Crippen molar-refractivity contribution in [2.24, 2.45) is 5.92 Å². The minimum atomic E-state index is -3.42. The average molecular weight is 520 g/mol. The molecule has 1 N–H and O–H groups in total. The van der Waals surface area contributed by atoms with Crippen molar-refractivity contribution in [1.29, 1.82) is 0 Å². The van der Waals surface area contributed by atoms with Gasteiger partial charge in [0.2, 0.25) is 5.91 Å². The van der Waals surface area contributed by atoms with E-state index in [1.165, 1.54) is 23.1 Å². The van der Waals surface area contributed by atoms with Gasteiger partial charge in [0.25, 0.3) is 5.91 Å². The Hall–Kier alpha value is -2.75. The number of benzene rings is 2. The van der Waals surface area contributed by atoms with Crippen LogP contribution in [0.3, 0.4) is 0 Å². The van der Waals surface area contributed by atoms with Crippen LogP contribution in [-0.2, 0) is 14.6 Å². The molecule has 0 radical (unpaired) electrons. The number of carbonyl (C=O) groups excluding carboxylic acids is 2. The molecule has 2 heterocycles. The third-order valence-electron chi connectivity index (χ3n) is 6.25. The van der Waals surface area contributed by atoms with Gasteiger partial charge in [-0.2, -0.15) is 0 Å². The molecular formula is C25H27ClFN3O4S. The molecule has 1 saturated heterocycles. The zero-order valence-electron chi connectivity index (χ0n) is 19.3. The van der Waals surface area contributed by atoms with E-state index < -0.39 is 33.2 Å². The summed E-state index contributed by atoms with van der Waals surface area (Å²) in [6.45, 7) is 2.54. The fraction of sp³-hybridized carbons (Fsp3) is 0.360. The van der Waals surface area contributed by atoms with E-state index in [-0.39, 0.29) is 22.5 Å². The molecule has 2 aliphatic rings. The molecule has 2 atom stereocenters. The highest BCUT2D eigenvalue weighted by molar-refractivity contribution is 7.91. The zero-order valence-corrected chi connectivity index (χ0v) is 20.9. The summed E-state index contributed by atoms with van der Waals surface area (Å²) in [6.07, 6.45) is 3.43. The summed E-state index contributed by atoms with van der Waals surface area (Å²) >= 11 is 6.06. The third kappa shape index (κ3) is 6.28. The zero-order chi connectivity index (χ0) is 25.2. The minimum Gasteiger partial charge on any atom is -0.348 e. The number of hydrogen-bond donors (Lipinski definition) is 1. The second kappa shape index (κ2) is 10.5. The predicted octanol–water partition coefficient (Wildman–Crippen LogP) is 3.04. The van der Waals surface area contributed by atoms with Crippen molar-refractivity contribution in [2.75, 3.05) is 38.2 Å². The number of sulfone groups is 1. The van der Waals surface area contributed by atoms with Gasteiger partial charge in [-0.05, 0) is 29.7 Å². The first-order chi connectivity index (χ1) is 16.6. The summed E-state index contributed by atoms with van der Waals surface area (Å²) in [6, 6.07) is 13.3. The first kappa shape index (κ1) is 25.3. The minimum absolute atomic E-state index is 0.0944. The van der Waals surface area contributed by atoms with Crippen LogP contribution in [0.4, 0.5) is 4.39 Å². The third-order valence-corrected chi connectivity index (χ3v) is 7.35. The number of fused-ring (bicyclic) bond motifs is 1. The van der Waals surface area contributed by atoms with Crippen LogP contribution in [0.25, 0.3) is 0 Å². The van der Waals surface area contributed by atoms with E-state index in [0.717, 1.165) is 23.9 Å². The normalized spacial score (nSPS) is 18.8. The number of nitrogens with one attached hydrogen (secondary N) is 1. The van der Waals surface area contributed by atoms with Crippen molar-refractivity contribution < 1.29 is 22.4 Å². The second-order valence-corrected chi connectivity index (χ2v) is 11.6. The molecule has 1 fully saturated rings. The van der Waals surface area contributed by atoms with Gasteiger partial charge in [-0.1, -0.05) is 48.0 Å². The quantitative estimate of drug-likeness (QED) is 0.579. The van der Waals surface area contributed by atoms with Gasteiger partial charge in [-0.3, -0.25) is 14.5 Å². The molecule has 186 valence electrons. The van der Waals surface area contributed by atoms with E-state index in [0.29, 0.717) is 26.1 Å². The van der Waals surface area contributed by atoms with Crippen molar-refractivity contribution in [3.05, 3.63) is 82.3 Å². The summed E-state index contributed by atoms with van der Waals surface area (Å²) in [5.74, 6) is -2.00. The highest BCUT2D eigenvalue weighted by atomic mass is 35.5. The Kier molecular flexibility index (Phi) is 7.59. The van der Waals surface area contributed by atoms with Gasteiger partial charge in [0, 0.05) is 44.6 Å². The maximum Gasteiger partial charge on any atom is 0.262 e. The molecule has 4 rings (SSSR count). The molecule has 35 heavy (non-hydrogen) atoms. The molecule has 1 unspecified atom stereocenters. The Morgan fingerprint density at radius 2 is 1.89 bits per heavy atom. The standard InChI is InChI=1S/C25H27ClFN3O4S/c1-35(33,34)16-23(31)28-22(17-6-3-2-4-7-17)10-11-29-12-18-14-30(15-19(18)13-29)25(32)24-20(26)8-5-9-21(24)27/h2-9,14,19,22H,10-13,15-16H2,1H3,(H,28,31)/t19?,22-/m0/s1. The summed E-state index contributed by atoms with van der Waals surface area (Å²) in [4.78, 5) is 28.9. The second-order valence-electron chi connectivity index (χ2n) is 9.08. The van der Waals surface area contributed by atoms with Crippen molar-refractivity contribution in [1.82, 2.24) is 15.1 Å². The summed E-state index contributed by atoms with van der Waals surface area (Å²) in [5, 5.41) is 2.95. The molecular weight excluding hydrogens is 493 g/mol. The number of nitrogens with zero attached hydrogens (tertiary/aromatic N) is 2. The molecule has 0 saturated carbocycles. The van der Waals surface area contributed by atoms with Crippen LogP contribution in [0.1, 0.15) is 28.4 Å². The lowest BCUT2D eigenvalue weighted by molar-refractivity contribution is -0.119. The lowest BCUT2D eigenvalue weighted by Gasteiger charge is -2.24. The number of hydrogen-bond acceptors (Lipinski definition) is 5. The molecule has 0 aromatic heterocycles. The first-order valence-corrected chi connectivity index (χ1v) is 13.7. The Morgan fingerprint density at radius 1 is 1.14 bits per heavy atom. The smallest absolute Gasteiger partial charge is 0.262 e. The number of amides is 2. The van der Waals surface area contributed by atoms with Crippen molar-refractivity contribution in [3.63, 3.8) is 0 Å². The maximum atomic E-state index is 14.2. The van der Waals surface area contributed by atoms with Gasteiger partial charge in [0.05, 0.1) is 16.6 Å². The van der Waals surface area contributed by atoms with Crippen LogP contribution in [0.2, 0.25) is 5.02 Å². The number of carbonyl (C=O) groups is 2. The molecule has 2 amide bonds. The predicted molar refractivity (Wildman–Crippen MR) is 132 cm³/mol. The number of rotatable bonds is 8. The van der Waals surface area contributed by atoms with E-state index in [1.807, 2.05) is 30.3 Å². The highest BCUT2D eigenvalue weighted by Crippen LogP contribution is 2.32. The van der Waals surface area contributed by atoms with E-state index in [2.05, 4.69) is 10.2 Å². The molecule has 10 heteroatoms. The topological polar surface area (TPSA) is 86.8 Å². The lowest BCUT2D eigenvalue weighted by Crippen LogP contribution is -2.36. The molecule has 2 aromatic carbocycles. The van der Waals surface area contributed by atoms with Crippen LogP contribution in [0.15, 0.2) is 60.3 Å². The van der Waals surface area contributed by atoms with Crippen LogP contribution < -0.4 is 5.32 Å². The van der Waals surface area contributed by atoms with Gasteiger partial charge >= 0.3 is 0 Å². The first-order valence-electron chi connectivity index (χ1n) is 11.3. The fourth-order valence-corrected chi connectivity index (χ4v) is 5.45. The van der Waals surface area contributed by atoms with Crippen LogP contribution in [0.5, 0.6) is 0 Å². The van der Waals surface area contributed by atoms with Crippen LogP contribution >= 0.6 is 11.6 Å². The molecule has 0 aliphatic carbocycles. The van der Waals surface area contributed by atoms with E-state index in [4.69, 9.17) is 11.6 Å². The molecule has 7 nitrogen and oxygen atoms in total. The molecule has 0 spiro atoms. The van der Waals surface area contributed by atoms with Gasteiger partial charge in [0.15, 0.2) is 9.84 Å². The summed E-state index contributed by atoms with van der Waals surface area (Å²) in [5.41, 5.74) is 1.90. The number of halogens is 2. The van der Waals surface area contributed by atoms with Gasteiger partial charge < -0.3 is 10.2 Å². The average Bonchev–Trinajstić information content (AvgIpc) is 3.35. The Labute approximate surface area is 209 Å². The summed E-state index contributed by atoms with van der Waals surface area (Å²) < 4.78 is 37.2. The largest absolute Gasteiger partial charge is 0.348 e. The van der Waals surface area contributed by atoms with E-state index in [1.54, 1.807) is 6.20 Å². The van der Waals surface area contributed by atoms with Crippen LogP contribution in [-0.4, -0.2) is 68.2 Å². The van der Waals surface area contributed by atoms with E-state index >= 15 is 0 Å². The van der Waals surface area contributed by atoms with E-state index in [9.17, 15) is 22.4 Å². The highest BCUT2D eigenvalue weighted by Gasteiger charge is 2.36. The van der Waals surface area contributed by atoms with Gasteiger partial charge in [0.1, 0.15) is 11.6 Å². The lowest BCUT2D eigenvalue weighted by atomic mass is 10.0. The number of likely N-dealkylation sites (tertiary alicyclic amines) is 1. The van der Waals surface area contributed by atoms with Crippen molar-refractivity contribution in [2.45, 2.75) is 12.5 Å². The Balaban J connectivity index is 1.38. The van der Waals surface area contributed by atoms with Crippen molar-refractivity contribution in [3.8, 4) is 0 Å². The monoisotopic (exact) mass is 519 g/mol. The van der Waals surface area contributed by atoms with Crippen LogP contribution in [0, 0.1) is 11.7 Å². The van der Waals surface area contributed by atoms with Gasteiger partial charge in [-0.15, -0.1) is 0 Å². The maximum absolute atomic E-state index is 14.2. The SMILES string of the molecule is CS(=O)(=O)CC(=O)N[C@@H](CCN1CC2=CN(C(=O)c3c(F)cccc3Cl)CC2C1)c1ccccc1. The fourth-order valence-electron chi connectivity index (χ4n) is 4.64. The Bertz CT molecular complexity index is 1230.